The molecule has 1 fully saturated rings. The van der Waals surface area contributed by atoms with Crippen LogP contribution in [0, 0.1) is 0 Å². The summed E-state index contributed by atoms with van der Waals surface area (Å²) in [6, 6.07) is 15.8. The minimum absolute atomic E-state index is 0.240. The molecule has 0 radical (unpaired) electrons. The van der Waals surface area contributed by atoms with E-state index >= 15 is 0 Å². The molecule has 3 atom stereocenters. The third-order valence-corrected chi connectivity index (χ3v) is 4.73. The molecule has 3 heteroatoms. The van der Waals surface area contributed by atoms with E-state index in [1.165, 1.54) is 16.3 Å². The van der Waals surface area contributed by atoms with Gasteiger partial charge in [-0.05, 0) is 42.8 Å². The predicted molar refractivity (Wildman–Crippen MR) is 87.3 cm³/mol. The van der Waals surface area contributed by atoms with E-state index < -0.39 is 0 Å². The number of nitrogens with two attached hydrogens (primary N) is 1. The normalized spacial score (nSPS) is 23.8. The molecule has 0 amide bonds. The van der Waals surface area contributed by atoms with E-state index in [0.29, 0.717) is 12.6 Å². The fourth-order valence-corrected chi connectivity index (χ4v) is 3.44. The average molecular weight is 284 g/mol. The first-order chi connectivity index (χ1) is 10.2. The van der Waals surface area contributed by atoms with Gasteiger partial charge in [0.15, 0.2) is 0 Å². The molecule has 0 aliphatic carbocycles. The molecule has 2 aromatic carbocycles. The number of rotatable bonds is 4. The van der Waals surface area contributed by atoms with Gasteiger partial charge < -0.3 is 10.5 Å². The number of hydrogen-bond donors (Lipinski definition) is 1. The van der Waals surface area contributed by atoms with Crippen molar-refractivity contribution in [2.24, 2.45) is 5.73 Å². The summed E-state index contributed by atoms with van der Waals surface area (Å²) in [4.78, 5) is 2.39. The Morgan fingerprint density at radius 1 is 1.24 bits per heavy atom. The zero-order valence-corrected chi connectivity index (χ0v) is 12.8. The largest absolute Gasteiger partial charge is 0.377 e. The third-order valence-electron chi connectivity index (χ3n) is 4.73. The van der Waals surface area contributed by atoms with Gasteiger partial charge in [-0.15, -0.1) is 0 Å². The predicted octanol–water partition coefficient (Wildman–Crippen LogP) is 2.95. The number of ether oxygens (including phenoxy) is 1. The molecule has 2 N–H and O–H groups in total. The van der Waals surface area contributed by atoms with Crippen LogP contribution < -0.4 is 5.73 Å². The Labute approximate surface area is 126 Å². The van der Waals surface area contributed by atoms with Gasteiger partial charge in [0.1, 0.15) is 0 Å². The maximum atomic E-state index is 6.08. The van der Waals surface area contributed by atoms with Gasteiger partial charge >= 0.3 is 0 Å². The molecule has 1 heterocycles. The van der Waals surface area contributed by atoms with Crippen LogP contribution in [0.2, 0.25) is 0 Å². The van der Waals surface area contributed by atoms with Crippen LogP contribution in [0.1, 0.15) is 24.9 Å². The summed E-state index contributed by atoms with van der Waals surface area (Å²) in [5.74, 6) is 0. The molecule has 1 aliphatic rings. The van der Waals surface area contributed by atoms with Gasteiger partial charge in [-0.1, -0.05) is 36.4 Å². The van der Waals surface area contributed by atoms with Crippen molar-refractivity contribution in [3.8, 4) is 0 Å². The highest BCUT2D eigenvalue weighted by molar-refractivity contribution is 5.83. The fourth-order valence-electron chi connectivity index (χ4n) is 3.44. The van der Waals surface area contributed by atoms with Crippen molar-refractivity contribution in [2.75, 3.05) is 20.2 Å². The van der Waals surface area contributed by atoms with Gasteiger partial charge in [-0.2, -0.15) is 0 Å². The Morgan fingerprint density at radius 3 is 2.67 bits per heavy atom. The lowest BCUT2D eigenvalue weighted by atomic mass is 9.98. The first-order valence-corrected chi connectivity index (χ1v) is 7.73. The summed E-state index contributed by atoms with van der Waals surface area (Å²) in [6.45, 7) is 3.63. The van der Waals surface area contributed by atoms with E-state index in [4.69, 9.17) is 10.5 Å². The molecular weight excluding hydrogens is 260 g/mol. The summed E-state index contributed by atoms with van der Waals surface area (Å²) in [7, 11) is 2.17. The Hall–Kier alpha value is -1.42. The SMILES string of the molecule is CC1OCCC1N(C)C(CN)c1ccc2ccccc2c1. The molecule has 21 heavy (non-hydrogen) atoms. The van der Waals surface area contributed by atoms with Crippen molar-refractivity contribution in [3.63, 3.8) is 0 Å². The fraction of sp³-hybridized carbons (Fsp3) is 0.444. The highest BCUT2D eigenvalue weighted by Crippen LogP contribution is 2.28. The van der Waals surface area contributed by atoms with Gasteiger partial charge in [0.25, 0.3) is 0 Å². The number of benzene rings is 2. The molecule has 3 nitrogen and oxygen atoms in total. The molecule has 1 aliphatic heterocycles. The van der Waals surface area contributed by atoms with Crippen LogP contribution in [-0.4, -0.2) is 37.2 Å². The van der Waals surface area contributed by atoms with Crippen molar-refractivity contribution < 1.29 is 4.74 Å². The number of likely N-dealkylation sites (N-methyl/N-ethyl adjacent to an activating group) is 1. The van der Waals surface area contributed by atoms with E-state index in [9.17, 15) is 0 Å². The maximum Gasteiger partial charge on any atom is 0.0703 e. The molecule has 1 saturated heterocycles. The zero-order chi connectivity index (χ0) is 14.8. The summed E-state index contributed by atoms with van der Waals surface area (Å²) in [5.41, 5.74) is 7.37. The van der Waals surface area contributed by atoms with E-state index in [1.54, 1.807) is 0 Å². The summed E-state index contributed by atoms with van der Waals surface area (Å²) < 4.78 is 5.70. The van der Waals surface area contributed by atoms with Gasteiger partial charge in [0.05, 0.1) is 6.10 Å². The Morgan fingerprint density at radius 2 is 2.00 bits per heavy atom. The summed E-state index contributed by atoms with van der Waals surface area (Å²) >= 11 is 0. The van der Waals surface area contributed by atoms with Gasteiger partial charge in [-0.25, -0.2) is 0 Å². The van der Waals surface area contributed by atoms with Crippen LogP contribution in [0.25, 0.3) is 10.8 Å². The number of hydrogen-bond acceptors (Lipinski definition) is 3. The lowest BCUT2D eigenvalue weighted by molar-refractivity contribution is 0.0686. The molecule has 3 unspecified atom stereocenters. The summed E-state index contributed by atoms with van der Waals surface area (Å²) in [5, 5.41) is 2.55. The number of fused-ring (bicyclic) bond motifs is 1. The number of nitrogens with zero attached hydrogens (tertiary/aromatic N) is 1. The lowest BCUT2D eigenvalue weighted by Crippen LogP contribution is -2.42. The molecule has 0 aromatic heterocycles. The zero-order valence-electron chi connectivity index (χ0n) is 12.8. The summed E-state index contributed by atoms with van der Waals surface area (Å²) in [6.07, 6.45) is 1.37. The molecular formula is C18H24N2O. The van der Waals surface area contributed by atoms with Crippen LogP contribution in [-0.2, 0) is 4.74 Å². The minimum atomic E-state index is 0.240. The average Bonchev–Trinajstić information content (AvgIpc) is 2.94. The monoisotopic (exact) mass is 284 g/mol. The van der Waals surface area contributed by atoms with Crippen LogP contribution >= 0.6 is 0 Å². The van der Waals surface area contributed by atoms with Gasteiger partial charge in [-0.3, -0.25) is 4.90 Å². The molecule has 2 aromatic rings. The maximum absolute atomic E-state index is 6.08. The first-order valence-electron chi connectivity index (χ1n) is 7.73. The Bertz CT molecular complexity index is 613. The molecule has 0 saturated carbocycles. The smallest absolute Gasteiger partial charge is 0.0703 e. The van der Waals surface area contributed by atoms with Crippen molar-refractivity contribution in [1.29, 1.82) is 0 Å². The minimum Gasteiger partial charge on any atom is -0.377 e. The van der Waals surface area contributed by atoms with Crippen LogP contribution in [0.4, 0.5) is 0 Å². The van der Waals surface area contributed by atoms with Crippen molar-refractivity contribution in [1.82, 2.24) is 4.90 Å². The van der Waals surface area contributed by atoms with E-state index in [2.05, 4.69) is 61.3 Å². The van der Waals surface area contributed by atoms with Crippen molar-refractivity contribution in [2.45, 2.75) is 31.5 Å². The van der Waals surface area contributed by atoms with Gasteiger partial charge in [0.2, 0.25) is 0 Å². The van der Waals surface area contributed by atoms with E-state index in [-0.39, 0.29) is 12.1 Å². The van der Waals surface area contributed by atoms with Crippen LogP contribution in [0.15, 0.2) is 42.5 Å². The molecule has 0 spiro atoms. The molecule has 0 bridgehead atoms. The van der Waals surface area contributed by atoms with E-state index in [0.717, 1.165) is 13.0 Å². The Balaban J connectivity index is 1.90. The molecule has 3 rings (SSSR count). The van der Waals surface area contributed by atoms with Crippen LogP contribution in [0.3, 0.4) is 0 Å². The highest BCUT2D eigenvalue weighted by Gasteiger charge is 2.31. The lowest BCUT2D eigenvalue weighted by Gasteiger charge is -2.34. The second-order valence-corrected chi connectivity index (χ2v) is 5.96. The second-order valence-electron chi connectivity index (χ2n) is 5.96. The van der Waals surface area contributed by atoms with Gasteiger partial charge in [0, 0.05) is 25.2 Å². The topological polar surface area (TPSA) is 38.5 Å². The quantitative estimate of drug-likeness (QED) is 0.938. The second kappa shape index (κ2) is 6.14. The van der Waals surface area contributed by atoms with E-state index in [1.807, 2.05) is 0 Å². The van der Waals surface area contributed by atoms with Crippen LogP contribution in [0.5, 0.6) is 0 Å². The first kappa shape index (κ1) is 14.5. The van der Waals surface area contributed by atoms with Crippen molar-refractivity contribution in [3.05, 3.63) is 48.0 Å². The van der Waals surface area contributed by atoms with Crippen molar-refractivity contribution >= 4 is 10.8 Å². The standard InChI is InChI=1S/C18H24N2O/c1-13-17(9-10-21-13)20(2)18(12-19)16-8-7-14-5-3-4-6-15(14)11-16/h3-8,11,13,17-18H,9-10,12,19H2,1-2H3. The highest BCUT2D eigenvalue weighted by atomic mass is 16.5. The molecule has 112 valence electrons. The Kier molecular flexibility index (Phi) is 4.24. The third kappa shape index (κ3) is 2.82.